The molecule has 1 heterocycles. The molecule has 0 bridgehead atoms. The Morgan fingerprint density at radius 1 is 1.04 bits per heavy atom. The smallest absolute Gasteiger partial charge is 0.232 e. The molecule has 1 saturated carbocycles. The van der Waals surface area contributed by atoms with Crippen molar-refractivity contribution in [3.63, 3.8) is 0 Å². The summed E-state index contributed by atoms with van der Waals surface area (Å²) in [6.07, 6.45) is 6.25. The SMILES string of the molecule is COc1ccc(Nc2nc(C)nc(N(C(C)C)C3CCCCC3)n2)c(OC)c1. The fourth-order valence-corrected chi connectivity index (χ4v) is 3.84. The maximum absolute atomic E-state index is 5.48. The van der Waals surface area contributed by atoms with Gasteiger partial charge in [-0.25, -0.2) is 0 Å². The van der Waals surface area contributed by atoms with Gasteiger partial charge in [0.05, 0.1) is 19.9 Å². The molecule has 1 fully saturated rings. The molecule has 28 heavy (non-hydrogen) atoms. The van der Waals surface area contributed by atoms with Gasteiger partial charge in [-0.2, -0.15) is 15.0 Å². The first-order valence-electron chi connectivity index (χ1n) is 10.0. The highest BCUT2D eigenvalue weighted by atomic mass is 16.5. The van der Waals surface area contributed by atoms with Crippen LogP contribution in [0.2, 0.25) is 0 Å². The molecule has 7 heteroatoms. The largest absolute Gasteiger partial charge is 0.497 e. The fraction of sp³-hybridized carbons (Fsp3) is 0.571. The zero-order chi connectivity index (χ0) is 20.1. The molecule has 0 saturated heterocycles. The van der Waals surface area contributed by atoms with Gasteiger partial charge in [0.15, 0.2) is 0 Å². The van der Waals surface area contributed by atoms with Crippen LogP contribution in [-0.4, -0.2) is 41.3 Å². The van der Waals surface area contributed by atoms with Gasteiger partial charge in [-0.15, -0.1) is 0 Å². The Bertz CT molecular complexity index is 790. The summed E-state index contributed by atoms with van der Waals surface area (Å²) in [4.78, 5) is 16.2. The molecule has 7 nitrogen and oxygen atoms in total. The quantitative estimate of drug-likeness (QED) is 0.753. The van der Waals surface area contributed by atoms with Crippen molar-refractivity contribution in [3.8, 4) is 11.5 Å². The molecule has 1 aliphatic rings. The summed E-state index contributed by atoms with van der Waals surface area (Å²) < 4.78 is 10.7. The fourth-order valence-electron chi connectivity index (χ4n) is 3.84. The van der Waals surface area contributed by atoms with Crippen LogP contribution >= 0.6 is 0 Å². The molecule has 2 aromatic rings. The first kappa shape index (κ1) is 20.2. The molecule has 0 radical (unpaired) electrons. The van der Waals surface area contributed by atoms with E-state index in [4.69, 9.17) is 14.5 Å². The summed E-state index contributed by atoms with van der Waals surface area (Å²) in [5.74, 6) is 3.36. The van der Waals surface area contributed by atoms with Crippen LogP contribution in [-0.2, 0) is 0 Å². The second kappa shape index (κ2) is 9.08. The Labute approximate surface area is 167 Å². The van der Waals surface area contributed by atoms with Crippen molar-refractivity contribution in [1.82, 2.24) is 15.0 Å². The number of methoxy groups -OCH3 is 2. The van der Waals surface area contributed by atoms with Crippen LogP contribution in [0.4, 0.5) is 17.6 Å². The lowest BCUT2D eigenvalue weighted by Crippen LogP contribution is -2.43. The van der Waals surface area contributed by atoms with Crippen molar-refractivity contribution in [3.05, 3.63) is 24.0 Å². The van der Waals surface area contributed by atoms with Crippen LogP contribution in [0.25, 0.3) is 0 Å². The summed E-state index contributed by atoms with van der Waals surface area (Å²) in [5.41, 5.74) is 0.786. The van der Waals surface area contributed by atoms with E-state index in [0.29, 0.717) is 29.6 Å². The topological polar surface area (TPSA) is 72.4 Å². The minimum absolute atomic E-state index is 0.327. The van der Waals surface area contributed by atoms with Crippen molar-refractivity contribution >= 4 is 17.6 Å². The molecule has 0 unspecified atom stereocenters. The summed E-state index contributed by atoms with van der Waals surface area (Å²) in [6.45, 7) is 6.31. The molecule has 152 valence electrons. The van der Waals surface area contributed by atoms with Crippen LogP contribution in [0.3, 0.4) is 0 Å². The van der Waals surface area contributed by atoms with Gasteiger partial charge < -0.3 is 19.7 Å². The first-order valence-corrected chi connectivity index (χ1v) is 10.0. The van der Waals surface area contributed by atoms with E-state index in [0.717, 1.165) is 17.4 Å². The molecule has 0 atom stereocenters. The van der Waals surface area contributed by atoms with Crippen molar-refractivity contribution in [2.45, 2.75) is 65.0 Å². The number of nitrogens with one attached hydrogen (secondary N) is 1. The van der Waals surface area contributed by atoms with Gasteiger partial charge in [-0.3, -0.25) is 0 Å². The number of aromatic nitrogens is 3. The molecular weight excluding hydrogens is 354 g/mol. The highest BCUT2D eigenvalue weighted by Crippen LogP contribution is 2.32. The first-order chi connectivity index (χ1) is 13.5. The zero-order valence-electron chi connectivity index (χ0n) is 17.5. The lowest BCUT2D eigenvalue weighted by Gasteiger charge is -2.37. The summed E-state index contributed by atoms with van der Waals surface area (Å²) in [6, 6.07) is 6.42. The second-order valence-electron chi connectivity index (χ2n) is 7.49. The van der Waals surface area contributed by atoms with Crippen LogP contribution in [0, 0.1) is 6.92 Å². The van der Waals surface area contributed by atoms with Gasteiger partial charge in [0.2, 0.25) is 11.9 Å². The van der Waals surface area contributed by atoms with Crippen LogP contribution in [0.15, 0.2) is 18.2 Å². The Hall–Kier alpha value is -2.57. The normalized spacial score (nSPS) is 14.8. The number of anilines is 3. The number of hydrogen-bond donors (Lipinski definition) is 1. The average Bonchev–Trinajstić information content (AvgIpc) is 2.68. The lowest BCUT2D eigenvalue weighted by molar-refractivity contribution is 0.393. The monoisotopic (exact) mass is 385 g/mol. The summed E-state index contributed by atoms with van der Waals surface area (Å²) in [5, 5.41) is 3.28. The van der Waals surface area contributed by atoms with Gasteiger partial charge in [0.1, 0.15) is 17.3 Å². The molecule has 1 aromatic heterocycles. The Kier molecular flexibility index (Phi) is 6.54. The van der Waals surface area contributed by atoms with Crippen molar-refractivity contribution in [1.29, 1.82) is 0 Å². The number of nitrogens with zero attached hydrogens (tertiary/aromatic N) is 4. The van der Waals surface area contributed by atoms with Crippen LogP contribution in [0.5, 0.6) is 11.5 Å². The third-order valence-electron chi connectivity index (χ3n) is 5.15. The minimum atomic E-state index is 0.327. The molecule has 3 rings (SSSR count). The summed E-state index contributed by atoms with van der Waals surface area (Å²) >= 11 is 0. The molecule has 1 N–H and O–H groups in total. The van der Waals surface area contributed by atoms with E-state index in [2.05, 4.69) is 34.0 Å². The molecule has 0 spiro atoms. The molecule has 1 aliphatic carbocycles. The van der Waals surface area contributed by atoms with Crippen LogP contribution < -0.4 is 19.7 Å². The van der Waals surface area contributed by atoms with Gasteiger partial charge in [-0.1, -0.05) is 19.3 Å². The van der Waals surface area contributed by atoms with Crippen molar-refractivity contribution < 1.29 is 9.47 Å². The molecular formula is C21H31N5O2. The number of rotatable bonds is 7. The van der Waals surface area contributed by atoms with E-state index in [1.54, 1.807) is 14.2 Å². The Morgan fingerprint density at radius 2 is 1.79 bits per heavy atom. The van der Waals surface area contributed by atoms with E-state index >= 15 is 0 Å². The van der Waals surface area contributed by atoms with Gasteiger partial charge in [0, 0.05) is 18.2 Å². The standard InChI is InChI=1S/C21H31N5O2/c1-14(2)26(16-9-7-6-8-10-16)21-23-15(3)22-20(25-21)24-18-12-11-17(27-4)13-19(18)28-5/h11-14,16H,6-10H2,1-5H3,(H,22,23,24,25). The van der Waals surface area contributed by atoms with Gasteiger partial charge >= 0.3 is 0 Å². The molecule has 0 aliphatic heterocycles. The van der Waals surface area contributed by atoms with Crippen molar-refractivity contribution in [2.24, 2.45) is 0 Å². The van der Waals surface area contributed by atoms with E-state index in [1.165, 1.54) is 32.1 Å². The maximum atomic E-state index is 5.48. The predicted molar refractivity (Wildman–Crippen MR) is 112 cm³/mol. The van der Waals surface area contributed by atoms with E-state index < -0.39 is 0 Å². The lowest BCUT2D eigenvalue weighted by atomic mass is 9.93. The number of hydrogen-bond acceptors (Lipinski definition) is 7. The van der Waals surface area contributed by atoms with Gasteiger partial charge in [0.25, 0.3) is 0 Å². The van der Waals surface area contributed by atoms with E-state index in [1.807, 2.05) is 25.1 Å². The minimum Gasteiger partial charge on any atom is -0.497 e. The zero-order valence-corrected chi connectivity index (χ0v) is 17.5. The molecule has 0 amide bonds. The Balaban J connectivity index is 1.90. The van der Waals surface area contributed by atoms with E-state index in [-0.39, 0.29) is 0 Å². The highest BCUT2D eigenvalue weighted by molar-refractivity contribution is 5.64. The third kappa shape index (κ3) is 4.64. The van der Waals surface area contributed by atoms with E-state index in [9.17, 15) is 0 Å². The highest BCUT2D eigenvalue weighted by Gasteiger charge is 2.26. The predicted octanol–water partition coefficient (Wildman–Crippen LogP) is 4.49. The van der Waals surface area contributed by atoms with Gasteiger partial charge in [-0.05, 0) is 45.7 Å². The Morgan fingerprint density at radius 3 is 2.43 bits per heavy atom. The maximum Gasteiger partial charge on any atom is 0.232 e. The summed E-state index contributed by atoms with van der Waals surface area (Å²) in [7, 11) is 3.27. The number of benzene rings is 1. The third-order valence-corrected chi connectivity index (χ3v) is 5.15. The number of aryl methyl sites for hydroxylation is 1. The average molecular weight is 386 g/mol. The van der Waals surface area contributed by atoms with Crippen molar-refractivity contribution in [2.75, 3.05) is 24.4 Å². The second-order valence-corrected chi connectivity index (χ2v) is 7.49. The van der Waals surface area contributed by atoms with Crippen LogP contribution in [0.1, 0.15) is 51.8 Å². The number of ether oxygens (including phenoxy) is 2. The molecule has 1 aromatic carbocycles.